The Morgan fingerprint density at radius 2 is 2.04 bits per heavy atom. The number of ether oxygens (including phenoxy) is 1. The van der Waals surface area contributed by atoms with E-state index in [0.717, 1.165) is 58.2 Å². The van der Waals surface area contributed by atoms with Gasteiger partial charge in [-0.25, -0.2) is 8.78 Å². The zero-order valence-corrected chi connectivity index (χ0v) is 16.6. The lowest BCUT2D eigenvalue weighted by Gasteiger charge is -2.31. The average Bonchev–Trinajstić information content (AvgIpc) is 2.67. The van der Waals surface area contributed by atoms with Gasteiger partial charge in [0.1, 0.15) is 0 Å². The van der Waals surface area contributed by atoms with Gasteiger partial charge >= 0.3 is 0 Å². The highest BCUT2D eigenvalue weighted by molar-refractivity contribution is 5.80. The standard InChI is InChI=1S/C20H32F2N4O/c1-4-23-20(25-15(2)17-5-6-18(21)19(22)13-17)24-14-16-7-9-26(10-8-16)11-12-27-3/h5-6,13,15-16H,4,7-12,14H2,1-3H3,(H2,23,24,25). The first-order valence-electron chi connectivity index (χ1n) is 9.74. The summed E-state index contributed by atoms with van der Waals surface area (Å²) in [5, 5.41) is 6.51. The van der Waals surface area contributed by atoms with Gasteiger partial charge < -0.3 is 20.3 Å². The van der Waals surface area contributed by atoms with Crippen LogP contribution in [0.4, 0.5) is 8.78 Å². The number of methoxy groups -OCH3 is 1. The first kappa shape index (κ1) is 21.6. The van der Waals surface area contributed by atoms with Gasteiger partial charge in [-0.05, 0) is 63.4 Å². The predicted octanol–water partition coefficient (Wildman–Crippen LogP) is 2.94. The van der Waals surface area contributed by atoms with E-state index in [0.29, 0.717) is 17.4 Å². The van der Waals surface area contributed by atoms with Gasteiger partial charge in [0.15, 0.2) is 17.6 Å². The van der Waals surface area contributed by atoms with Crippen molar-refractivity contribution in [1.82, 2.24) is 15.5 Å². The lowest BCUT2D eigenvalue weighted by atomic mass is 9.97. The normalized spacial score (nSPS) is 17.7. The molecule has 0 aliphatic carbocycles. The highest BCUT2D eigenvalue weighted by Crippen LogP contribution is 2.18. The molecule has 1 aromatic rings. The molecule has 1 fully saturated rings. The molecule has 1 aliphatic heterocycles. The molecule has 1 unspecified atom stereocenters. The molecule has 0 bridgehead atoms. The van der Waals surface area contributed by atoms with Crippen LogP contribution < -0.4 is 10.6 Å². The largest absolute Gasteiger partial charge is 0.383 e. The number of hydrogen-bond donors (Lipinski definition) is 2. The Morgan fingerprint density at radius 3 is 2.67 bits per heavy atom. The van der Waals surface area contributed by atoms with E-state index in [1.807, 2.05) is 13.8 Å². The molecular formula is C20H32F2N4O. The smallest absolute Gasteiger partial charge is 0.191 e. The Bertz CT molecular complexity index is 604. The molecule has 1 heterocycles. The Labute approximate surface area is 161 Å². The molecule has 1 saturated heterocycles. The molecule has 5 nitrogen and oxygen atoms in total. The number of halogens is 2. The van der Waals surface area contributed by atoms with Crippen molar-refractivity contribution in [3.05, 3.63) is 35.4 Å². The number of nitrogens with zero attached hydrogens (tertiary/aromatic N) is 2. The van der Waals surface area contributed by atoms with Crippen molar-refractivity contribution < 1.29 is 13.5 Å². The third kappa shape index (κ3) is 7.07. The molecule has 7 heteroatoms. The van der Waals surface area contributed by atoms with E-state index < -0.39 is 11.6 Å². The number of likely N-dealkylation sites (tertiary alicyclic amines) is 1. The molecule has 2 N–H and O–H groups in total. The van der Waals surface area contributed by atoms with Gasteiger partial charge in [0.2, 0.25) is 0 Å². The molecule has 0 amide bonds. The van der Waals surface area contributed by atoms with Crippen molar-refractivity contribution in [3.8, 4) is 0 Å². The Kier molecular flexibility index (Phi) is 8.94. The molecule has 1 aromatic carbocycles. The van der Waals surface area contributed by atoms with E-state index in [9.17, 15) is 8.78 Å². The molecule has 0 spiro atoms. The molecule has 27 heavy (non-hydrogen) atoms. The zero-order chi connectivity index (χ0) is 19.6. The van der Waals surface area contributed by atoms with E-state index >= 15 is 0 Å². The fourth-order valence-corrected chi connectivity index (χ4v) is 3.22. The van der Waals surface area contributed by atoms with Crippen LogP contribution in [0, 0.1) is 17.6 Å². The van der Waals surface area contributed by atoms with E-state index in [1.165, 1.54) is 6.07 Å². The number of hydrogen-bond acceptors (Lipinski definition) is 3. The Hall–Kier alpha value is -1.73. The second-order valence-electron chi connectivity index (χ2n) is 7.04. The van der Waals surface area contributed by atoms with E-state index in [4.69, 9.17) is 9.73 Å². The van der Waals surface area contributed by atoms with Gasteiger partial charge in [-0.15, -0.1) is 0 Å². The Balaban J connectivity index is 1.87. The number of rotatable bonds is 8. The molecular weight excluding hydrogens is 350 g/mol. The summed E-state index contributed by atoms with van der Waals surface area (Å²) in [4.78, 5) is 7.14. The monoisotopic (exact) mass is 382 g/mol. The van der Waals surface area contributed by atoms with Gasteiger partial charge in [0.25, 0.3) is 0 Å². The number of aliphatic imine (C=N–C) groups is 1. The van der Waals surface area contributed by atoms with Crippen LogP contribution in [-0.4, -0.2) is 57.3 Å². The molecule has 1 atom stereocenters. The predicted molar refractivity (Wildman–Crippen MR) is 105 cm³/mol. The van der Waals surface area contributed by atoms with Crippen molar-refractivity contribution >= 4 is 5.96 Å². The van der Waals surface area contributed by atoms with Crippen LogP contribution in [0.15, 0.2) is 23.2 Å². The first-order valence-corrected chi connectivity index (χ1v) is 9.74. The van der Waals surface area contributed by atoms with Gasteiger partial charge in [0, 0.05) is 26.7 Å². The van der Waals surface area contributed by atoms with E-state index in [2.05, 4.69) is 15.5 Å². The third-order valence-electron chi connectivity index (χ3n) is 4.97. The minimum Gasteiger partial charge on any atom is -0.383 e. The molecule has 1 aliphatic rings. The lowest BCUT2D eigenvalue weighted by Crippen LogP contribution is -2.40. The second kappa shape index (κ2) is 11.2. The van der Waals surface area contributed by atoms with Gasteiger partial charge in [-0.2, -0.15) is 0 Å². The van der Waals surface area contributed by atoms with Gasteiger partial charge in [0.05, 0.1) is 12.6 Å². The molecule has 0 radical (unpaired) electrons. The first-order chi connectivity index (χ1) is 13.0. The van der Waals surface area contributed by atoms with Crippen LogP contribution in [0.1, 0.15) is 38.3 Å². The minimum absolute atomic E-state index is 0.172. The summed E-state index contributed by atoms with van der Waals surface area (Å²) < 4.78 is 31.7. The van der Waals surface area contributed by atoms with E-state index in [1.54, 1.807) is 13.2 Å². The van der Waals surface area contributed by atoms with Crippen LogP contribution in [0.25, 0.3) is 0 Å². The number of nitrogens with one attached hydrogen (secondary N) is 2. The third-order valence-corrected chi connectivity index (χ3v) is 4.97. The topological polar surface area (TPSA) is 48.9 Å². The van der Waals surface area contributed by atoms with Crippen molar-refractivity contribution in [3.63, 3.8) is 0 Å². The lowest BCUT2D eigenvalue weighted by molar-refractivity contribution is 0.121. The highest BCUT2D eigenvalue weighted by Gasteiger charge is 2.19. The summed E-state index contributed by atoms with van der Waals surface area (Å²) >= 11 is 0. The van der Waals surface area contributed by atoms with Gasteiger partial charge in [-0.1, -0.05) is 6.07 Å². The summed E-state index contributed by atoms with van der Waals surface area (Å²) in [5.41, 5.74) is 0.686. The molecule has 2 rings (SSSR count). The van der Waals surface area contributed by atoms with Crippen molar-refractivity contribution in [2.45, 2.75) is 32.7 Å². The number of guanidine groups is 1. The second-order valence-corrected chi connectivity index (χ2v) is 7.04. The molecule has 0 saturated carbocycles. The minimum atomic E-state index is -0.830. The van der Waals surface area contributed by atoms with Crippen molar-refractivity contribution in [2.24, 2.45) is 10.9 Å². The molecule has 0 aromatic heterocycles. The van der Waals surface area contributed by atoms with Crippen LogP contribution in [0.3, 0.4) is 0 Å². The maximum absolute atomic E-state index is 13.5. The SMILES string of the molecule is CCNC(=NCC1CCN(CCOC)CC1)NC(C)c1ccc(F)c(F)c1. The number of benzene rings is 1. The summed E-state index contributed by atoms with van der Waals surface area (Å²) in [6.07, 6.45) is 2.26. The fraction of sp³-hybridized carbons (Fsp3) is 0.650. The maximum Gasteiger partial charge on any atom is 0.191 e. The zero-order valence-electron chi connectivity index (χ0n) is 16.6. The molecule has 152 valence electrons. The van der Waals surface area contributed by atoms with E-state index in [-0.39, 0.29) is 6.04 Å². The number of piperidine rings is 1. The van der Waals surface area contributed by atoms with Crippen molar-refractivity contribution in [2.75, 3.05) is 46.4 Å². The Morgan fingerprint density at radius 1 is 1.30 bits per heavy atom. The highest BCUT2D eigenvalue weighted by atomic mass is 19.2. The van der Waals surface area contributed by atoms with Gasteiger partial charge in [-0.3, -0.25) is 4.99 Å². The summed E-state index contributed by atoms with van der Waals surface area (Å²) in [7, 11) is 1.73. The quantitative estimate of drug-likeness (QED) is 0.536. The average molecular weight is 382 g/mol. The van der Waals surface area contributed by atoms with Crippen LogP contribution >= 0.6 is 0 Å². The van der Waals surface area contributed by atoms with Crippen LogP contribution in [0.5, 0.6) is 0 Å². The van der Waals surface area contributed by atoms with Crippen molar-refractivity contribution in [1.29, 1.82) is 0 Å². The maximum atomic E-state index is 13.5. The summed E-state index contributed by atoms with van der Waals surface area (Å²) in [5.74, 6) is -0.388. The summed E-state index contributed by atoms with van der Waals surface area (Å²) in [6.45, 7) is 9.35. The van der Waals surface area contributed by atoms with Crippen LogP contribution in [-0.2, 0) is 4.74 Å². The summed E-state index contributed by atoms with van der Waals surface area (Å²) in [6, 6.07) is 3.81. The van der Waals surface area contributed by atoms with Crippen LogP contribution in [0.2, 0.25) is 0 Å². The fourth-order valence-electron chi connectivity index (χ4n) is 3.22.